The molecule has 0 spiro atoms. The van der Waals surface area contributed by atoms with Gasteiger partial charge in [-0.25, -0.2) is 4.98 Å². The Hall–Kier alpha value is -3.95. The monoisotopic (exact) mass is 463 g/mol. The maximum absolute atomic E-state index is 13.4. The van der Waals surface area contributed by atoms with E-state index >= 15 is 0 Å². The second-order valence-electron chi connectivity index (χ2n) is 7.08. The van der Waals surface area contributed by atoms with Crippen molar-refractivity contribution in [3.05, 3.63) is 36.4 Å². The standard InChI is InChI=1S/C23H25N5O5/c1-30-18-11-14-15(12-19(18)31-2)25-23(26-21(14)24)28-9-7-27(8-10-28)22(29)20-13-32-16-5-3-4-6-17(16)33-20/h3-6,11-12,20H,7-10,13H2,1-2H3,(H2,24,25,26)/i1D3,2D3,9D2,10D2/hD2. The zero-order valence-electron chi connectivity index (χ0n) is 28.9. The largest absolute Gasteiger partial charge is 0.493 e. The lowest BCUT2D eigenvalue weighted by molar-refractivity contribution is -0.141. The summed E-state index contributed by atoms with van der Waals surface area (Å²) in [6, 6.07) is 8.52. The number of rotatable bonds is 5. The van der Waals surface area contributed by atoms with Gasteiger partial charge in [-0.3, -0.25) is 4.79 Å². The van der Waals surface area contributed by atoms with Crippen LogP contribution in [0.15, 0.2) is 36.4 Å². The number of methoxy groups -OCH3 is 2. The van der Waals surface area contributed by atoms with E-state index in [4.69, 9.17) is 35.5 Å². The van der Waals surface area contributed by atoms with Gasteiger partial charge in [-0.1, -0.05) is 12.1 Å². The topological polar surface area (TPSA) is 112 Å². The number of hydrogen-bond acceptors (Lipinski definition) is 9. The van der Waals surface area contributed by atoms with Gasteiger partial charge in [0.1, 0.15) is 12.4 Å². The summed E-state index contributed by atoms with van der Waals surface area (Å²) in [5.41, 5.74) is -0.256. The van der Waals surface area contributed by atoms with Gasteiger partial charge in [0.25, 0.3) is 5.91 Å². The van der Waals surface area contributed by atoms with Crippen molar-refractivity contribution in [3.63, 3.8) is 0 Å². The van der Waals surface area contributed by atoms with Crippen molar-refractivity contribution in [3.8, 4) is 23.0 Å². The number of amides is 1. The minimum absolute atomic E-state index is 0.0000932. The van der Waals surface area contributed by atoms with Gasteiger partial charge in [0, 0.05) is 37.5 Å². The molecule has 0 radical (unpaired) electrons. The first kappa shape index (κ1) is 11.3. The first-order valence-corrected chi connectivity index (χ1v) is 9.73. The van der Waals surface area contributed by atoms with Gasteiger partial charge < -0.3 is 34.5 Å². The zero-order valence-corrected chi connectivity index (χ0v) is 16.9. The van der Waals surface area contributed by atoms with Crippen molar-refractivity contribution in [1.82, 2.24) is 14.9 Å². The molecule has 33 heavy (non-hydrogen) atoms. The third-order valence-corrected chi connectivity index (χ3v) is 5.08. The lowest BCUT2D eigenvalue weighted by atomic mass is 10.2. The number of aromatic nitrogens is 2. The predicted molar refractivity (Wildman–Crippen MR) is 122 cm³/mol. The minimum Gasteiger partial charge on any atom is -0.493 e. The van der Waals surface area contributed by atoms with Crippen LogP contribution >= 0.6 is 0 Å². The molecular formula is C23H25N5O5. The van der Waals surface area contributed by atoms with E-state index in [1.807, 2.05) is 0 Å². The smallest absolute Gasteiger partial charge is 0.267 e. The number of nitrogens with zero attached hydrogens (tertiary/aromatic N) is 4. The summed E-state index contributed by atoms with van der Waals surface area (Å²) < 4.78 is 116. The molecule has 172 valence electrons. The molecule has 3 heterocycles. The van der Waals surface area contributed by atoms with Gasteiger partial charge in [-0.15, -0.1) is 0 Å². The van der Waals surface area contributed by atoms with Gasteiger partial charge in [-0.2, -0.15) is 4.98 Å². The molecule has 1 saturated heterocycles. The second kappa shape index (κ2) is 8.53. The number of fused-ring (bicyclic) bond motifs is 2. The first-order valence-electron chi connectivity index (χ1n) is 15.6. The van der Waals surface area contributed by atoms with Crippen LogP contribution in [0.4, 0.5) is 11.8 Å². The molecule has 1 aromatic heterocycles. The second-order valence-corrected chi connectivity index (χ2v) is 7.08. The summed E-state index contributed by atoms with van der Waals surface area (Å²) in [6.07, 6.45) is -1.18. The molecule has 10 heteroatoms. The van der Waals surface area contributed by atoms with Gasteiger partial charge in [-0.05, 0) is 18.2 Å². The molecule has 0 bridgehead atoms. The molecule has 1 fully saturated rings. The van der Waals surface area contributed by atoms with E-state index in [0.29, 0.717) is 16.4 Å². The molecule has 1 atom stereocenters. The normalized spacial score (nSPS) is 26.7. The zero-order chi connectivity index (χ0) is 33.1. The van der Waals surface area contributed by atoms with Crippen LogP contribution in [0.25, 0.3) is 10.9 Å². The maximum atomic E-state index is 13.4. The Labute approximate surface area is 207 Å². The molecule has 0 aliphatic carbocycles. The Morgan fingerprint density at radius 2 is 1.94 bits per heavy atom. The van der Waals surface area contributed by atoms with Gasteiger partial charge >= 0.3 is 0 Å². The van der Waals surface area contributed by atoms with E-state index in [0.717, 1.165) is 17.0 Å². The fraction of sp³-hybridized carbons (Fsp3) is 0.348. The molecular weight excluding hydrogens is 426 g/mol. The van der Waals surface area contributed by atoms with Crippen LogP contribution in [-0.2, 0) is 4.79 Å². The van der Waals surface area contributed by atoms with Crippen molar-refractivity contribution in [2.45, 2.75) is 6.10 Å². The van der Waals surface area contributed by atoms with Crippen LogP contribution in [-0.4, -0.2) is 73.6 Å². The molecule has 10 nitrogen and oxygen atoms in total. The fourth-order valence-electron chi connectivity index (χ4n) is 3.43. The van der Waals surface area contributed by atoms with E-state index < -0.39 is 75.4 Å². The molecule has 3 aromatic rings. The summed E-state index contributed by atoms with van der Waals surface area (Å²) in [5, 5.41) is -0.189. The Morgan fingerprint density at radius 3 is 2.70 bits per heavy atom. The number of hydrogen-bond donors (Lipinski definition) is 1. The van der Waals surface area contributed by atoms with E-state index in [1.165, 1.54) is 0 Å². The Bertz CT molecular complexity index is 1600. The van der Waals surface area contributed by atoms with E-state index in [1.54, 1.807) is 24.3 Å². The molecule has 0 saturated carbocycles. The number of para-hydroxylation sites is 2. The van der Waals surface area contributed by atoms with Crippen LogP contribution in [0, 0.1) is 0 Å². The molecule has 1 amide bonds. The molecule has 1 unspecified atom stereocenters. The van der Waals surface area contributed by atoms with Gasteiger partial charge in [0.05, 0.1) is 33.3 Å². The molecule has 2 aliphatic heterocycles. The summed E-state index contributed by atoms with van der Waals surface area (Å²) in [6.45, 7) is -6.88. The van der Waals surface area contributed by atoms with Gasteiger partial charge in [0.2, 0.25) is 12.1 Å². The number of ether oxygens (including phenoxy) is 4. The summed E-state index contributed by atoms with van der Waals surface area (Å²) in [4.78, 5) is 23.1. The molecule has 5 rings (SSSR count). The first-order chi connectivity index (χ1) is 20.7. The van der Waals surface area contributed by atoms with Crippen molar-refractivity contribution < 1.29 is 40.3 Å². The highest BCUT2D eigenvalue weighted by Crippen LogP contribution is 2.34. The predicted octanol–water partition coefficient (Wildman–Crippen LogP) is 1.72. The average molecular weight is 464 g/mol. The third-order valence-electron chi connectivity index (χ3n) is 5.08. The summed E-state index contributed by atoms with van der Waals surface area (Å²) in [7, 11) is -6.12. The summed E-state index contributed by atoms with van der Waals surface area (Å²) in [5.74, 6) is -2.41. The molecule has 2 aliphatic rings. The van der Waals surface area contributed by atoms with Crippen LogP contribution < -0.4 is 29.6 Å². The Kier molecular flexibility index (Phi) is 2.91. The number of piperazine rings is 1. The number of anilines is 2. The third kappa shape index (κ3) is 3.88. The number of carbonyl (C=O) groups excluding carboxylic acids is 1. The highest BCUT2D eigenvalue weighted by molar-refractivity contribution is 5.91. The molecule has 2 aromatic carbocycles. The quantitative estimate of drug-likeness (QED) is 0.604. The highest BCUT2D eigenvalue weighted by Gasteiger charge is 2.33. The number of benzene rings is 2. The van der Waals surface area contributed by atoms with E-state index in [9.17, 15) is 4.79 Å². The SMILES string of the molecule is [2H]N([2H])c1nc(N2C([2H])([2H])CN(C(=O)C3COc4ccccc4O3)CC2([2H])[2H])nc2cc(OC([2H])([2H])[2H])c(OC([2H])([2H])[2H])cc12. The number of carbonyl (C=O) groups is 1. The van der Waals surface area contributed by atoms with Crippen LogP contribution in [0.3, 0.4) is 0 Å². The number of nitrogens with two attached hydrogens (primary N) is 1. The Balaban J connectivity index is 1.52. The van der Waals surface area contributed by atoms with Crippen LogP contribution in [0.2, 0.25) is 2.82 Å². The lowest BCUT2D eigenvalue weighted by Crippen LogP contribution is -2.54. The lowest BCUT2D eigenvalue weighted by Gasteiger charge is -2.37. The fourth-order valence-corrected chi connectivity index (χ4v) is 3.43. The Morgan fingerprint density at radius 1 is 1.18 bits per heavy atom. The van der Waals surface area contributed by atoms with Crippen molar-refractivity contribution >= 4 is 28.6 Å². The minimum atomic E-state index is -3.07. The van der Waals surface area contributed by atoms with Crippen molar-refractivity contribution in [2.75, 3.05) is 57.4 Å². The van der Waals surface area contributed by atoms with Crippen molar-refractivity contribution in [1.29, 1.82) is 0 Å². The van der Waals surface area contributed by atoms with Gasteiger partial charge in [0.15, 0.2) is 25.8 Å². The van der Waals surface area contributed by atoms with Crippen molar-refractivity contribution in [2.24, 2.45) is 0 Å². The maximum Gasteiger partial charge on any atom is 0.267 e. The van der Waals surface area contributed by atoms with E-state index in [-0.39, 0.29) is 23.2 Å². The average Bonchev–Trinajstić information content (AvgIpc) is 2.89. The summed E-state index contributed by atoms with van der Waals surface area (Å²) >= 11 is 0. The number of nitrogen functional groups attached to an aromatic ring is 1. The van der Waals surface area contributed by atoms with Crippen LogP contribution in [0.5, 0.6) is 23.0 Å². The molecule has 2 N–H and O–H groups in total. The highest BCUT2D eigenvalue weighted by atomic mass is 16.6. The van der Waals surface area contributed by atoms with E-state index in [2.05, 4.69) is 9.97 Å². The van der Waals surface area contributed by atoms with Crippen LogP contribution in [0.1, 0.15) is 13.7 Å².